The molecule has 1 fully saturated rings. The maximum Gasteiger partial charge on any atom is 0.127 e. The van der Waals surface area contributed by atoms with Gasteiger partial charge in [0.05, 0.1) is 11.9 Å². The van der Waals surface area contributed by atoms with Gasteiger partial charge in [-0.2, -0.15) is 0 Å². The highest BCUT2D eigenvalue weighted by atomic mass is 16.4. The topological polar surface area (TPSA) is 96.9 Å². The van der Waals surface area contributed by atoms with Crippen LogP contribution in [0.5, 0.6) is 0 Å². The Bertz CT molecular complexity index is 184. The average molecular weight is 172 g/mol. The predicted molar refractivity (Wildman–Crippen MR) is 33.4 cm³/mol. The Kier molecular flexibility index (Phi) is 2.65. The van der Waals surface area contributed by atoms with Crippen LogP contribution in [0.25, 0.3) is 0 Å². The van der Waals surface area contributed by atoms with Crippen molar-refractivity contribution in [2.45, 2.75) is 31.3 Å². The van der Waals surface area contributed by atoms with Crippen molar-refractivity contribution in [1.82, 2.24) is 0 Å². The Hall–Kier alpha value is -1.10. The summed E-state index contributed by atoms with van der Waals surface area (Å²) in [4.78, 5) is 20.7. The molecule has 1 aliphatic heterocycles. The largest absolute Gasteiger partial charge is 0.544 e. The molecule has 0 spiro atoms. The molecule has 0 aromatic rings. The van der Waals surface area contributed by atoms with E-state index in [1.807, 2.05) is 0 Å². The van der Waals surface area contributed by atoms with Crippen molar-refractivity contribution in [3.63, 3.8) is 0 Å². The number of nitrogens with two attached hydrogens (primary N) is 1. The molecule has 5 heteroatoms. The summed E-state index contributed by atoms with van der Waals surface area (Å²) in [7, 11) is 0. The minimum atomic E-state index is -1.19. The van der Waals surface area contributed by atoms with E-state index in [0.29, 0.717) is 19.3 Å². The molecule has 0 amide bonds. The van der Waals surface area contributed by atoms with Gasteiger partial charge in [-0.3, -0.25) is 0 Å². The predicted octanol–water partition coefficient (Wildman–Crippen LogP) is -4.03. The third-order valence-electron chi connectivity index (χ3n) is 2.10. The lowest BCUT2D eigenvalue weighted by Gasteiger charge is -2.28. The molecule has 0 saturated carbocycles. The van der Waals surface area contributed by atoms with E-state index in [4.69, 9.17) is 0 Å². The molecule has 12 heavy (non-hydrogen) atoms. The lowest BCUT2D eigenvalue weighted by molar-refractivity contribution is -0.717. The van der Waals surface area contributed by atoms with Gasteiger partial charge in [0, 0.05) is 12.8 Å². The van der Waals surface area contributed by atoms with Gasteiger partial charge in [0.15, 0.2) is 0 Å². The van der Waals surface area contributed by atoms with E-state index in [-0.39, 0.29) is 0 Å². The van der Waals surface area contributed by atoms with Gasteiger partial charge in [-0.1, -0.05) is 0 Å². The molecule has 1 aliphatic rings. The second kappa shape index (κ2) is 3.53. The average Bonchev–Trinajstić information content (AvgIpc) is 2.04. The molecule has 1 heterocycles. The quantitative estimate of drug-likeness (QED) is 0.458. The number of quaternary nitrogens is 1. The second-order valence-electron chi connectivity index (χ2n) is 2.97. The molecule has 0 aliphatic carbocycles. The van der Waals surface area contributed by atoms with Gasteiger partial charge in [-0.15, -0.1) is 0 Å². The zero-order valence-electron chi connectivity index (χ0n) is 6.49. The Morgan fingerprint density at radius 1 is 1.08 bits per heavy atom. The van der Waals surface area contributed by atoms with Gasteiger partial charge in [0.25, 0.3) is 0 Å². The third kappa shape index (κ3) is 1.94. The van der Waals surface area contributed by atoms with Crippen molar-refractivity contribution >= 4 is 11.9 Å². The Morgan fingerprint density at radius 2 is 1.50 bits per heavy atom. The van der Waals surface area contributed by atoms with Crippen molar-refractivity contribution in [1.29, 1.82) is 0 Å². The maximum atomic E-state index is 10.4. The van der Waals surface area contributed by atoms with Crippen molar-refractivity contribution in [2.24, 2.45) is 0 Å². The fourth-order valence-electron chi connectivity index (χ4n) is 1.42. The minimum Gasteiger partial charge on any atom is -0.544 e. The zero-order chi connectivity index (χ0) is 9.14. The van der Waals surface area contributed by atoms with E-state index in [9.17, 15) is 19.8 Å². The first kappa shape index (κ1) is 8.99. The van der Waals surface area contributed by atoms with Gasteiger partial charge >= 0.3 is 0 Å². The summed E-state index contributed by atoms with van der Waals surface area (Å²) in [5.74, 6) is -2.39. The molecular formula is C7H10NO4-. The summed E-state index contributed by atoms with van der Waals surface area (Å²) in [5, 5.41) is 22.0. The summed E-state index contributed by atoms with van der Waals surface area (Å²) < 4.78 is 0. The van der Waals surface area contributed by atoms with Crippen LogP contribution in [0.2, 0.25) is 0 Å². The number of carbonyl (C=O) groups is 2. The standard InChI is InChI=1S/C7H11NO4/c9-6(10)4-2-1-3-5(8-4)7(11)12/h4-5,8H,1-3H2,(H,9,10)(H,11,12)/p-1. The monoisotopic (exact) mass is 172 g/mol. The molecule has 2 N–H and O–H groups in total. The number of rotatable bonds is 2. The number of carboxylic acids is 2. The normalized spacial score (nSPS) is 29.7. The van der Waals surface area contributed by atoms with Gasteiger partial charge < -0.3 is 25.1 Å². The molecule has 5 nitrogen and oxygen atoms in total. The molecule has 0 aromatic carbocycles. The number of hydrogen-bond acceptors (Lipinski definition) is 4. The van der Waals surface area contributed by atoms with Crippen molar-refractivity contribution in [2.75, 3.05) is 0 Å². The Morgan fingerprint density at radius 3 is 1.83 bits per heavy atom. The van der Waals surface area contributed by atoms with Gasteiger partial charge in [-0.25, -0.2) is 0 Å². The lowest BCUT2D eigenvalue weighted by Crippen LogP contribution is -3.01. The fourth-order valence-corrected chi connectivity index (χ4v) is 1.42. The molecule has 1 saturated heterocycles. The van der Waals surface area contributed by atoms with Crippen LogP contribution in [0.1, 0.15) is 19.3 Å². The van der Waals surface area contributed by atoms with Gasteiger partial charge in [0.1, 0.15) is 12.1 Å². The first-order valence-corrected chi connectivity index (χ1v) is 3.88. The molecule has 68 valence electrons. The van der Waals surface area contributed by atoms with Crippen LogP contribution in [0.15, 0.2) is 0 Å². The molecule has 0 bridgehead atoms. The molecule has 2 unspecified atom stereocenters. The first-order chi connectivity index (χ1) is 5.61. The molecule has 0 radical (unpaired) electrons. The number of piperidine rings is 1. The van der Waals surface area contributed by atoms with Crippen LogP contribution >= 0.6 is 0 Å². The van der Waals surface area contributed by atoms with Gasteiger partial charge in [0.2, 0.25) is 0 Å². The summed E-state index contributed by atoms with van der Waals surface area (Å²) in [6, 6.07) is -1.44. The first-order valence-electron chi connectivity index (χ1n) is 3.88. The highest BCUT2D eigenvalue weighted by Gasteiger charge is 2.26. The van der Waals surface area contributed by atoms with E-state index in [1.165, 1.54) is 5.32 Å². The van der Waals surface area contributed by atoms with Crippen molar-refractivity contribution in [3.05, 3.63) is 0 Å². The van der Waals surface area contributed by atoms with E-state index in [2.05, 4.69) is 0 Å². The van der Waals surface area contributed by atoms with Crippen molar-refractivity contribution in [3.8, 4) is 0 Å². The summed E-state index contributed by atoms with van der Waals surface area (Å²) >= 11 is 0. The number of carbonyl (C=O) groups excluding carboxylic acids is 2. The van der Waals surface area contributed by atoms with E-state index < -0.39 is 24.0 Å². The zero-order valence-corrected chi connectivity index (χ0v) is 6.49. The van der Waals surface area contributed by atoms with Crippen LogP contribution in [0, 0.1) is 0 Å². The van der Waals surface area contributed by atoms with Crippen LogP contribution < -0.4 is 15.5 Å². The summed E-state index contributed by atoms with van der Waals surface area (Å²) in [6.07, 6.45) is 1.56. The molecule has 1 rings (SSSR count). The van der Waals surface area contributed by atoms with Crippen LogP contribution in [-0.2, 0) is 9.59 Å². The number of carboxylic acid groups (broad SMARTS) is 2. The van der Waals surface area contributed by atoms with E-state index in [1.54, 1.807) is 0 Å². The SMILES string of the molecule is O=C([O-])C1CCCC(C(=O)[O-])[NH2+]1. The molecular weight excluding hydrogens is 162 g/mol. The van der Waals surface area contributed by atoms with Gasteiger partial charge in [-0.05, 0) is 6.42 Å². The smallest absolute Gasteiger partial charge is 0.127 e. The second-order valence-corrected chi connectivity index (χ2v) is 2.97. The minimum absolute atomic E-state index is 0.478. The molecule has 2 atom stereocenters. The maximum absolute atomic E-state index is 10.4. The van der Waals surface area contributed by atoms with E-state index >= 15 is 0 Å². The summed E-state index contributed by atoms with van der Waals surface area (Å²) in [5.41, 5.74) is 0. The Balaban J connectivity index is 2.51. The number of aliphatic carboxylic acids is 2. The Labute approximate surface area is 69.4 Å². The van der Waals surface area contributed by atoms with E-state index in [0.717, 1.165) is 0 Å². The van der Waals surface area contributed by atoms with Crippen LogP contribution in [0.4, 0.5) is 0 Å². The number of hydrogen-bond donors (Lipinski definition) is 1. The third-order valence-corrected chi connectivity index (χ3v) is 2.10. The van der Waals surface area contributed by atoms with Crippen molar-refractivity contribution < 1.29 is 25.1 Å². The highest BCUT2D eigenvalue weighted by Crippen LogP contribution is 2.05. The lowest BCUT2D eigenvalue weighted by atomic mass is 9.99. The van der Waals surface area contributed by atoms with Crippen LogP contribution in [0.3, 0.4) is 0 Å². The summed E-state index contributed by atoms with van der Waals surface area (Å²) in [6.45, 7) is 0. The van der Waals surface area contributed by atoms with Crippen LogP contribution in [-0.4, -0.2) is 24.0 Å². The molecule has 0 aromatic heterocycles. The highest BCUT2D eigenvalue weighted by molar-refractivity contribution is 5.72. The fraction of sp³-hybridized carbons (Fsp3) is 0.714.